The molecular formula is C25H17BrI2N2O4. The van der Waals surface area contributed by atoms with Gasteiger partial charge in [0.15, 0.2) is 5.70 Å². The summed E-state index contributed by atoms with van der Waals surface area (Å²) in [5.74, 6) is 0.353. The smallest absolute Gasteiger partial charge is 0.363 e. The maximum atomic E-state index is 12.4. The number of rotatable bonds is 6. The Morgan fingerprint density at radius 1 is 1.09 bits per heavy atom. The van der Waals surface area contributed by atoms with E-state index in [4.69, 9.17) is 9.47 Å². The predicted molar refractivity (Wildman–Crippen MR) is 152 cm³/mol. The molecule has 0 saturated heterocycles. The van der Waals surface area contributed by atoms with Crippen LogP contribution in [0.4, 0.5) is 5.69 Å². The summed E-state index contributed by atoms with van der Waals surface area (Å²) in [4.78, 5) is 27.9. The van der Waals surface area contributed by atoms with Crippen molar-refractivity contribution in [2.75, 3.05) is 5.32 Å². The number of aliphatic imine (C=N–C) groups is 1. The molecular weight excluding hydrogens is 726 g/mol. The first-order valence-corrected chi connectivity index (χ1v) is 13.0. The van der Waals surface area contributed by atoms with Crippen LogP contribution >= 0.6 is 61.1 Å². The predicted octanol–water partition coefficient (Wildman–Crippen LogP) is 6.54. The zero-order chi connectivity index (χ0) is 24.2. The topological polar surface area (TPSA) is 77.0 Å². The molecule has 0 spiro atoms. The second kappa shape index (κ2) is 11.0. The van der Waals surface area contributed by atoms with Crippen molar-refractivity contribution >= 4 is 90.6 Å². The molecule has 1 aliphatic rings. The number of hydrogen-bond acceptors (Lipinski definition) is 5. The summed E-state index contributed by atoms with van der Waals surface area (Å²) in [5, 5.41) is 2.70. The molecule has 34 heavy (non-hydrogen) atoms. The van der Waals surface area contributed by atoms with Gasteiger partial charge in [0.25, 0.3) is 0 Å². The quantitative estimate of drug-likeness (QED) is 0.177. The Morgan fingerprint density at radius 3 is 2.35 bits per heavy atom. The van der Waals surface area contributed by atoms with E-state index in [9.17, 15) is 9.59 Å². The summed E-state index contributed by atoms with van der Waals surface area (Å²) >= 11 is 7.89. The number of anilines is 1. The van der Waals surface area contributed by atoms with Gasteiger partial charge >= 0.3 is 5.97 Å². The Bertz CT molecular complexity index is 1300. The Morgan fingerprint density at radius 2 is 1.74 bits per heavy atom. The molecule has 1 aliphatic heterocycles. The average Bonchev–Trinajstić information content (AvgIpc) is 3.14. The largest absolute Gasteiger partial charge is 0.487 e. The molecule has 0 atom stereocenters. The lowest BCUT2D eigenvalue weighted by Crippen LogP contribution is -2.07. The highest BCUT2D eigenvalue weighted by Crippen LogP contribution is 2.31. The van der Waals surface area contributed by atoms with Crippen molar-refractivity contribution in [1.29, 1.82) is 0 Å². The number of benzene rings is 3. The Balaban J connectivity index is 1.51. The lowest BCUT2D eigenvalue weighted by atomic mass is 10.2. The molecule has 1 amide bonds. The molecule has 1 N–H and O–H groups in total. The summed E-state index contributed by atoms with van der Waals surface area (Å²) < 4.78 is 14.3. The van der Waals surface area contributed by atoms with Crippen LogP contribution in [-0.2, 0) is 20.9 Å². The first-order chi connectivity index (χ1) is 16.3. The third-order valence-electron chi connectivity index (χ3n) is 4.69. The first-order valence-electron chi connectivity index (χ1n) is 10.1. The van der Waals surface area contributed by atoms with Gasteiger partial charge in [0.05, 0.1) is 7.14 Å². The third-order valence-corrected chi connectivity index (χ3v) is 6.82. The van der Waals surface area contributed by atoms with Gasteiger partial charge in [-0.25, -0.2) is 9.79 Å². The van der Waals surface area contributed by atoms with Crippen LogP contribution in [0.25, 0.3) is 6.08 Å². The third kappa shape index (κ3) is 6.25. The molecule has 0 radical (unpaired) electrons. The fraction of sp³-hybridized carbons (Fsp3) is 0.0800. The molecule has 4 rings (SSSR count). The Labute approximate surface area is 232 Å². The van der Waals surface area contributed by atoms with E-state index in [1.165, 1.54) is 6.92 Å². The second-order valence-electron chi connectivity index (χ2n) is 7.32. The van der Waals surface area contributed by atoms with Crippen LogP contribution in [0.1, 0.15) is 23.6 Å². The van der Waals surface area contributed by atoms with Gasteiger partial charge in [0, 0.05) is 22.6 Å². The van der Waals surface area contributed by atoms with Gasteiger partial charge in [-0.05, 0) is 111 Å². The Kier molecular flexibility index (Phi) is 8.04. The Hall–Kier alpha value is -2.25. The standard InChI is InChI=1S/C25H17BrI2N2O4/c1-14(31)29-19-8-4-17(5-9-19)24-30-22(25(32)34-24)12-16-10-20(27)23(21(28)11-16)33-13-15-2-6-18(26)7-3-15/h2-12H,13H2,1H3,(H,29,31)/b22-12-. The van der Waals surface area contributed by atoms with E-state index in [2.05, 4.69) is 71.4 Å². The molecule has 0 aliphatic carbocycles. The monoisotopic (exact) mass is 742 g/mol. The van der Waals surface area contributed by atoms with Gasteiger partial charge < -0.3 is 14.8 Å². The number of nitrogens with one attached hydrogen (secondary N) is 1. The summed E-state index contributed by atoms with van der Waals surface area (Å²) in [6.07, 6.45) is 1.70. The van der Waals surface area contributed by atoms with E-state index in [1.807, 2.05) is 36.4 Å². The zero-order valence-corrected chi connectivity index (χ0v) is 23.7. The normalized spacial score (nSPS) is 14.1. The van der Waals surface area contributed by atoms with Crippen LogP contribution in [0.2, 0.25) is 0 Å². The zero-order valence-electron chi connectivity index (χ0n) is 17.8. The second-order valence-corrected chi connectivity index (χ2v) is 10.6. The first kappa shape index (κ1) is 24.9. The number of nitrogens with zero attached hydrogens (tertiary/aromatic N) is 1. The van der Waals surface area contributed by atoms with Gasteiger partial charge in [0.2, 0.25) is 11.8 Å². The molecule has 6 nitrogen and oxygen atoms in total. The maximum Gasteiger partial charge on any atom is 0.363 e. The summed E-state index contributed by atoms with van der Waals surface area (Å²) in [6.45, 7) is 1.90. The summed E-state index contributed by atoms with van der Waals surface area (Å²) in [5.41, 5.74) is 3.41. The minimum absolute atomic E-state index is 0.156. The number of cyclic esters (lactones) is 1. The summed E-state index contributed by atoms with van der Waals surface area (Å²) in [6, 6.07) is 18.8. The lowest BCUT2D eigenvalue weighted by molar-refractivity contribution is -0.129. The number of esters is 1. The van der Waals surface area contributed by atoms with Crippen molar-refractivity contribution in [1.82, 2.24) is 0 Å². The van der Waals surface area contributed by atoms with Gasteiger partial charge in [-0.2, -0.15) is 0 Å². The van der Waals surface area contributed by atoms with Crippen molar-refractivity contribution in [2.45, 2.75) is 13.5 Å². The van der Waals surface area contributed by atoms with Crippen molar-refractivity contribution in [3.05, 3.63) is 94.7 Å². The van der Waals surface area contributed by atoms with Crippen LogP contribution in [0.15, 0.2) is 75.8 Å². The van der Waals surface area contributed by atoms with Crippen LogP contribution in [0, 0.1) is 7.14 Å². The molecule has 0 saturated carbocycles. The highest BCUT2D eigenvalue weighted by atomic mass is 127. The number of carbonyl (C=O) groups is 2. The van der Waals surface area contributed by atoms with E-state index in [0.717, 1.165) is 28.5 Å². The minimum Gasteiger partial charge on any atom is -0.487 e. The van der Waals surface area contributed by atoms with E-state index in [-0.39, 0.29) is 17.5 Å². The van der Waals surface area contributed by atoms with Crippen LogP contribution in [0.3, 0.4) is 0 Å². The number of hydrogen-bond donors (Lipinski definition) is 1. The number of ether oxygens (including phenoxy) is 2. The van der Waals surface area contributed by atoms with E-state index < -0.39 is 5.97 Å². The molecule has 3 aromatic carbocycles. The fourth-order valence-corrected chi connectivity index (χ4v) is 5.52. The molecule has 1 heterocycles. The highest BCUT2D eigenvalue weighted by Gasteiger charge is 2.24. The number of carbonyl (C=O) groups excluding carboxylic acids is 2. The number of halogens is 3. The van der Waals surface area contributed by atoms with E-state index in [0.29, 0.717) is 17.9 Å². The van der Waals surface area contributed by atoms with Gasteiger partial charge in [-0.1, -0.05) is 28.1 Å². The molecule has 3 aromatic rings. The van der Waals surface area contributed by atoms with Crippen molar-refractivity contribution in [2.24, 2.45) is 4.99 Å². The van der Waals surface area contributed by atoms with Gasteiger partial charge in [-0.15, -0.1) is 0 Å². The molecule has 172 valence electrons. The van der Waals surface area contributed by atoms with Gasteiger partial charge in [-0.3, -0.25) is 4.79 Å². The van der Waals surface area contributed by atoms with E-state index in [1.54, 1.807) is 30.3 Å². The molecule has 9 heteroatoms. The van der Waals surface area contributed by atoms with Crippen LogP contribution in [0.5, 0.6) is 5.75 Å². The minimum atomic E-state index is -0.512. The summed E-state index contributed by atoms with van der Waals surface area (Å²) in [7, 11) is 0. The molecule has 0 fully saturated rings. The van der Waals surface area contributed by atoms with Crippen molar-refractivity contribution in [3.63, 3.8) is 0 Å². The molecule has 0 aromatic heterocycles. The number of amides is 1. The highest BCUT2D eigenvalue weighted by molar-refractivity contribution is 14.1. The lowest BCUT2D eigenvalue weighted by Gasteiger charge is -2.11. The van der Waals surface area contributed by atoms with Crippen LogP contribution < -0.4 is 10.1 Å². The van der Waals surface area contributed by atoms with Crippen LogP contribution in [-0.4, -0.2) is 17.8 Å². The van der Waals surface area contributed by atoms with Crippen molar-refractivity contribution < 1.29 is 19.1 Å². The van der Waals surface area contributed by atoms with E-state index >= 15 is 0 Å². The average molecular weight is 743 g/mol. The SMILES string of the molecule is CC(=O)Nc1ccc(C2=N/C(=C\c3cc(I)c(OCc4ccc(Br)cc4)c(I)c3)C(=O)O2)cc1. The molecule has 0 unspecified atom stereocenters. The van der Waals surface area contributed by atoms with Crippen molar-refractivity contribution in [3.8, 4) is 5.75 Å². The molecule has 0 bridgehead atoms. The van der Waals surface area contributed by atoms with Gasteiger partial charge in [0.1, 0.15) is 12.4 Å². The fourth-order valence-electron chi connectivity index (χ4n) is 3.13. The maximum absolute atomic E-state index is 12.4.